The summed E-state index contributed by atoms with van der Waals surface area (Å²) < 4.78 is 11.3. The predicted molar refractivity (Wildman–Crippen MR) is 80.3 cm³/mol. The second-order valence-electron chi connectivity index (χ2n) is 5.87. The zero-order valence-corrected chi connectivity index (χ0v) is 13.1. The van der Waals surface area contributed by atoms with Gasteiger partial charge in [0.25, 0.3) is 0 Å². The normalized spacial score (nSPS) is 32.5. The number of hydrogen-bond acceptors (Lipinski definition) is 4. The lowest BCUT2D eigenvalue weighted by Crippen LogP contribution is -2.55. The van der Waals surface area contributed by atoms with Crippen LogP contribution >= 0.6 is 0 Å². The summed E-state index contributed by atoms with van der Waals surface area (Å²) in [5.74, 6) is 1.05. The lowest BCUT2D eigenvalue weighted by molar-refractivity contribution is -0.146. The molecule has 2 N–H and O–H groups in total. The summed E-state index contributed by atoms with van der Waals surface area (Å²) in [6.07, 6.45) is 3.66. The maximum atomic E-state index is 11.7. The van der Waals surface area contributed by atoms with E-state index < -0.39 is 22.3 Å². The molecule has 2 unspecified atom stereocenters. The highest BCUT2D eigenvalue weighted by Gasteiger charge is 2.48. The first-order chi connectivity index (χ1) is 9.58. The van der Waals surface area contributed by atoms with Gasteiger partial charge in [-0.2, -0.15) is 0 Å². The smallest absolute Gasteiger partial charge is 0.324 e. The highest BCUT2D eigenvalue weighted by Crippen LogP contribution is 2.38. The number of rotatable bonds is 6. The first-order valence-corrected chi connectivity index (χ1v) is 9.13. The maximum absolute atomic E-state index is 11.7. The van der Waals surface area contributed by atoms with Gasteiger partial charge in [0.05, 0.1) is 0 Å². The van der Waals surface area contributed by atoms with Crippen molar-refractivity contribution in [1.29, 1.82) is 0 Å². The summed E-state index contributed by atoms with van der Waals surface area (Å²) in [5, 5.41) is 12.9. The minimum atomic E-state index is -0.715. The van der Waals surface area contributed by atoms with Crippen molar-refractivity contribution in [2.75, 3.05) is 37.7 Å². The number of carboxylic acids is 1. The van der Waals surface area contributed by atoms with Crippen molar-refractivity contribution in [3.8, 4) is 0 Å². The Morgan fingerprint density at radius 3 is 2.75 bits per heavy atom. The summed E-state index contributed by atoms with van der Waals surface area (Å²) in [6.45, 7) is 5.38. The SMILES string of the molecule is CCNC1(C(=O)O)CCCC1CCN1CCS(=O)CC1. The van der Waals surface area contributed by atoms with Crippen LogP contribution in [0.2, 0.25) is 0 Å². The van der Waals surface area contributed by atoms with Gasteiger partial charge in [0.2, 0.25) is 0 Å². The van der Waals surface area contributed by atoms with Gasteiger partial charge in [0.15, 0.2) is 0 Å². The summed E-state index contributed by atoms with van der Waals surface area (Å²) in [4.78, 5) is 14.0. The number of nitrogens with one attached hydrogen (secondary N) is 1. The number of carbonyl (C=O) groups is 1. The topological polar surface area (TPSA) is 69.6 Å². The molecule has 0 aromatic heterocycles. The van der Waals surface area contributed by atoms with Crippen LogP contribution in [0.4, 0.5) is 0 Å². The molecule has 0 aromatic rings. The van der Waals surface area contributed by atoms with E-state index in [1.54, 1.807) is 0 Å². The molecule has 0 radical (unpaired) electrons. The summed E-state index contributed by atoms with van der Waals surface area (Å²) in [6, 6.07) is 0. The summed E-state index contributed by atoms with van der Waals surface area (Å²) in [5.41, 5.74) is -0.715. The average molecular weight is 302 g/mol. The highest BCUT2D eigenvalue weighted by molar-refractivity contribution is 7.85. The number of aliphatic carboxylic acids is 1. The lowest BCUT2D eigenvalue weighted by atomic mass is 9.84. The van der Waals surface area contributed by atoms with Crippen LogP contribution in [0.25, 0.3) is 0 Å². The van der Waals surface area contributed by atoms with Crippen molar-refractivity contribution in [3.05, 3.63) is 0 Å². The Hall–Kier alpha value is -0.460. The third kappa shape index (κ3) is 3.40. The molecule has 2 atom stereocenters. The van der Waals surface area contributed by atoms with E-state index in [4.69, 9.17) is 0 Å². The lowest BCUT2D eigenvalue weighted by Gasteiger charge is -2.34. The monoisotopic (exact) mass is 302 g/mol. The third-order valence-electron chi connectivity index (χ3n) is 4.76. The van der Waals surface area contributed by atoms with E-state index in [2.05, 4.69) is 10.2 Å². The van der Waals surface area contributed by atoms with Crippen LogP contribution in [-0.2, 0) is 15.6 Å². The van der Waals surface area contributed by atoms with E-state index in [0.717, 1.165) is 56.8 Å². The minimum absolute atomic E-state index is 0.215. The van der Waals surface area contributed by atoms with Crippen molar-refractivity contribution in [1.82, 2.24) is 10.2 Å². The van der Waals surface area contributed by atoms with Crippen molar-refractivity contribution in [2.24, 2.45) is 5.92 Å². The van der Waals surface area contributed by atoms with E-state index in [1.165, 1.54) is 0 Å². The predicted octanol–water partition coefficient (Wildman–Crippen LogP) is 0.674. The average Bonchev–Trinajstić information content (AvgIpc) is 2.83. The van der Waals surface area contributed by atoms with Gasteiger partial charge in [-0.25, -0.2) is 0 Å². The molecule has 1 heterocycles. The molecular weight excluding hydrogens is 276 g/mol. The Bertz CT molecular complexity index is 367. The number of hydrogen-bond donors (Lipinski definition) is 2. The van der Waals surface area contributed by atoms with Gasteiger partial charge >= 0.3 is 5.97 Å². The molecule has 6 heteroatoms. The molecule has 116 valence electrons. The zero-order valence-electron chi connectivity index (χ0n) is 12.3. The van der Waals surface area contributed by atoms with Crippen LogP contribution in [-0.4, -0.2) is 63.4 Å². The molecule has 1 saturated heterocycles. The number of carboxylic acid groups (broad SMARTS) is 1. The molecule has 0 amide bonds. The Balaban J connectivity index is 1.90. The molecule has 2 rings (SSSR count). The molecule has 1 aliphatic carbocycles. The fourth-order valence-corrected chi connectivity index (χ4v) is 4.74. The van der Waals surface area contributed by atoms with Gasteiger partial charge in [-0.1, -0.05) is 13.3 Å². The second kappa shape index (κ2) is 7.00. The molecule has 1 aliphatic heterocycles. The van der Waals surface area contributed by atoms with E-state index >= 15 is 0 Å². The molecule has 0 bridgehead atoms. The fourth-order valence-electron chi connectivity index (χ4n) is 3.61. The maximum Gasteiger partial charge on any atom is 0.324 e. The molecule has 5 nitrogen and oxygen atoms in total. The highest BCUT2D eigenvalue weighted by atomic mass is 32.2. The standard InChI is InChI=1S/C14H26N2O3S/c1-2-15-14(13(17)18)6-3-4-12(14)5-7-16-8-10-20(19)11-9-16/h12,15H,2-11H2,1H3,(H,17,18). The van der Waals surface area contributed by atoms with E-state index in [1.807, 2.05) is 6.92 Å². The Morgan fingerprint density at radius 2 is 2.15 bits per heavy atom. The Morgan fingerprint density at radius 1 is 1.45 bits per heavy atom. The van der Waals surface area contributed by atoms with Crippen LogP contribution in [0, 0.1) is 5.92 Å². The molecule has 1 saturated carbocycles. The minimum Gasteiger partial charge on any atom is -0.480 e. The van der Waals surface area contributed by atoms with Gasteiger partial charge in [-0.15, -0.1) is 0 Å². The number of nitrogens with zero attached hydrogens (tertiary/aromatic N) is 1. The molecular formula is C14H26N2O3S. The Labute approximate surface area is 123 Å². The molecule has 20 heavy (non-hydrogen) atoms. The molecule has 2 fully saturated rings. The van der Waals surface area contributed by atoms with E-state index in [0.29, 0.717) is 6.54 Å². The van der Waals surface area contributed by atoms with Crippen molar-refractivity contribution in [2.45, 2.75) is 38.1 Å². The zero-order chi connectivity index (χ0) is 14.6. The van der Waals surface area contributed by atoms with Gasteiger partial charge in [0.1, 0.15) is 5.54 Å². The van der Waals surface area contributed by atoms with Gasteiger partial charge in [-0.3, -0.25) is 9.00 Å². The van der Waals surface area contributed by atoms with Crippen LogP contribution in [0.3, 0.4) is 0 Å². The van der Waals surface area contributed by atoms with Crippen LogP contribution in [0.15, 0.2) is 0 Å². The van der Waals surface area contributed by atoms with Gasteiger partial charge < -0.3 is 15.3 Å². The van der Waals surface area contributed by atoms with Crippen LogP contribution in [0.1, 0.15) is 32.6 Å². The third-order valence-corrected chi connectivity index (χ3v) is 6.03. The van der Waals surface area contributed by atoms with E-state index in [-0.39, 0.29) is 5.92 Å². The Kier molecular flexibility index (Phi) is 5.57. The second-order valence-corrected chi connectivity index (χ2v) is 7.57. The number of likely N-dealkylation sites (N-methyl/N-ethyl adjacent to an activating group) is 1. The molecule has 0 aromatic carbocycles. The van der Waals surface area contributed by atoms with Crippen molar-refractivity contribution >= 4 is 16.8 Å². The van der Waals surface area contributed by atoms with Gasteiger partial charge in [0, 0.05) is 35.4 Å². The van der Waals surface area contributed by atoms with Crippen molar-refractivity contribution in [3.63, 3.8) is 0 Å². The van der Waals surface area contributed by atoms with Gasteiger partial charge in [-0.05, 0) is 38.3 Å². The quantitative estimate of drug-likeness (QED) is 0.755. The molecule has 2 aliphatic rings. The van der Waals surface area contributed by atoms with Crippen molar-refractivity contribution < 1.29 is 14.1 Å². The van der Waals surface area contributed by atoms with Crippen LogP contribution in [0.5, 0.6) is 0 Å². The molecule has 0 spiro atoms. The summed E-state index contributed by atoms with van der Waals surface area (Å²) in [7, 11) is -0.640. The first kappa shape index (κ1) is 15.9. The van der Waals surface area contributed by atoms with Crippen LogP contribution < -0.4 is 5.32 Å². The fraction of sp³-hybridized carbons (Fsp3) is 0.929. The largest absolute Gasteiger partial charge is 0.480 e. The summed E-state index contributed by atoms with van der Waals surface area (Å²) >= 11 is 0. The first-order valence-electron chi connectivity index (χ1n) is 7.64. The van der Waals surface area contributed by atoms with E-state index in [9.17, 15) is 14.1 Å².